The van der Waals surface area contributed by atoms with Crippen LogP contribution in [0.5, 0.6) is 28.7 Å². The minimum absolute atomic E-state index is 0.0450. The zero-order valence-corrected chi connectivity index (χ0v) is 17.5. The van der Waals surface area contributed by atoms with Gasteiger partial charge < -0.3 is 49.6 Å². The van der Waals surface area contributed by atoms with Crippen molar-refractivity contribution in [3.8, 4) is 28.7 Å². The molecule has 2 aromatic carbocycles. The maximum Gasteiger partial charge on any atom is 0.229 e. The van der Waals surface area contributed by atoms with E-state index in [1.54, 1.807) is 0 Å². The first kappa shape index (κ1) is 23.1. The van der Waals surface area contributed by atoms with Crippen LogP contribution >= 0.6 is 0 Å². The van der Waals surface area contributed by atoms with E-state index in [-0.39, 0.29) is 40.8 Å². The van der Waals surface area contributed by atoms with Crippen molar-refractivity contribution in [2.24, 2.45) is 0 Å². The Kier molecular flexibility index (Phi) is 6.32. The molecule has 2 aromatic rings. The molecule has 6 N–H and O–H groups in total. The fourth-order valence-electron chi connectivity index (χ4n) is 3.83. The molecule has 178 valence electrons. The van der Waals surface area contributed by atoms with Gasteiger partial charge in [0.1, 0.15) is 53.3 Å². The van der Waals surface area contributed by atoms with Crippen LogP contribution in [0, 0.1) is 0 Å². The van der Waals surface area contributed by atoms with Crippen LogP contribution in [0.1, 0.15) is 28.4 Å². The van der Waals surface area contributed by atoms with Crippen LogP contribution in [0.25, 0.3) is 0 Å². The van der Waals surface area contributed by atoms with Crippen molar-refractivity contribution < 1.29 is 54.4 Å². The van der Waals surface area contributed by atoms with Crippen LogP contribution in [-0.2, 0) is 4.74 Å². The molecular formula is C22H24O11. The number of aliphatic hydroxyl groups excluding tert-OH is 4. The highest BCUT2D eigenvalue weighted by atomic mass is 16.7. The van der Waals surface area contributed by atoms with E-state index in [2.05, 4.69) is 0 Å². The standard InChI is InChI=1S/C22H24O11/c1-30-10-5-12(25)18-13(26)7-14(31-16(18)6-10)9-2-3-11(24)15(4-9)32-22-21(29)20(28)19(27)17(8-23)33-22/h2-6,14,17,19-25,27-29H,7-8H2,1H3. The quantitative estimate of drug-likeness (QED) is 0.351. The molecule has 0 radical (unpaired) electrons. The topological polar surface area (TPSA) is 175 Å². The lowest BCUT2D eigenvalue weighted by Gasteiger charge is -2.39. The van der Waals surface area contributed by atoms with E-state index in [0.717, 1.165) is 0 Å². The lowest BCUT2D eigenvalue weighted by molar-refractivity contribution is -0.277. The Morgan fingerprint density at radius 1 is 1.03 bits per heavy atom. The van der Waals surface area contributed by atoms with E-state index in [4.69, 9.17) is 18.9 Å². The Hall–Kier alpha value is -3.09. The molecule has 11 heteroatoms. The highest BCUT2D eigenvalue weighted by molar-refractivity contribution is 6.02. The molecule has 0 spiro atoms. The Balaban J connectivity index is 1.59. The maximum atomic E-state index is 12.6. The van der Waals surface area contributed by atoms with Gasteiger partial charge in [-0.25, -0.2) is 0 Å². The molecule has 11 nitrogen and oxygen atoms in total. The third-order valence-corrected chi connectivity index (χ3v) is 5.66. The van der Waals surface area contributed by atoms with E-state index < -0.39 is 43.4 Å². The summed E-state index contributed by atoms with van der Waals surface area (Å²) in [6.07, 6.45) is -8.44. The molecule has 0 aliphatic carbocycles. The smallest absolute Gasteiger partial charge is 0.229 e. The minimum atomic E-state index is -1.67. The van der Waals surface area contributed by atoms with Gasteiger partial charge in [0.25, 0.3) is 0 Å². The van der Waals surface area contributed by atoms with Crippen molar-refractivity contribution in [2.45, 2.75) is 43.2 Å². The van der Waals surface area contributed by atoms with Gasteiger partial charge in [-0.1, -0.05) is 6.07 Å². The summed E-state index contributed by atoms with van der Waals surface area (Å²) >= 11 is 0. The maximum absolute atomic E-state index is 12.6. The van der Waals surface area contributed by atoms with E-state index in [1.165, 1.54) is 37.4 Å². The number of methoxy groups -OCH3 is 1. The molecule has 6 unspecified atom stereocenters. The number of fused-ring (bicyclic) bond motifs is 1. The molecule has 6 atom stereocenters. The third-order valence-electron chi connectivity index (χ3n) is 5.66. The predicted octanol–water partition coefficient (Wildman–Crippen LogP) is -0.00840. The number of hydrogen-bond acceptors (Lipinski definition) is 11. The predicted molar refractivity (Wildman–Crippen MR) is 109 cm³/mol. The molecule has 1 fully saturated rings. The van der Waals surface area contributed by atoms with Crippen LogP contribution in [0.15, 0.2) is 30.3 Å². The molecule has 0 saturated carbocycles. The zero-order chi connectivity index (χ0) is 23.9. The third kappa shape index (κ3) is 4.28. The molecule has 0 bridgehead atoms. The second-order valence-corrected chi connectivity index (χ2v) is 7.80. The van der Waals surface area contributed by atoms with Crippen molar-refractivity contribution in [2.75, 3.05) is 13.7 Å². The SMILES string of the molecule is COc1cc(O)c2c(c1)OC(c1ccc(O)c(OC3OC(CO)C(O)C(O)C3O)c1)CC2=O. The summed E-state index contributed by atoms with van der Waals surface area (Å²) in [5.41, 5.74) is 0.484. The molecular weight excluding hydrogens is 440 g/mol. The fourth-order valence-corrected chi connectivity index (χ4v) is 3.83. The summed E-state index contributed by atoms with van der Waals surface area (Å²) < 4.78 is 21.8. The second kappa shape index (κ2) is 9.04. The van der Waals surface area contributed by atoms with Gasteiger partial charge in [-0.3, -0.25) is 4.79 Å². The molecule has 1 saturated heterocycles. The summed E-state index contributed by atoms with van der Waals surface area (Å²) in [6, 6.07) is 6.97. The van der Waals surface area contributed by atoms with Gasteiger partial charge in [0, 0.05) is 12.1 Å². The summed E-state index contributed by atoms with van der Waals surface area (Å²) in [5, 5.41) is 59.7. The molecule has 2 aliphatic heterocycles. The monoisotopic (exact) mass is 464 g/mol. The molecule has 4 rings (SSSR count). The van der Waals surface area contributed by atoms with E-state index >= 15 is 0 Å². The zero-order valence-electron chi connectivity index (χ0n) is 17.5. The van der Waals surface area contributed by atoms with Gasteiger partial charge in [0.05, 0.1) is 20.1 Å². The van der Waals surface area contributed by atoms with Crippen LogP contribution in [0.4, 0.5) is 0 Å². The normalized spacial score (nSPS) is 29.2. The van der Waals surface area contributed by atoms with Crippen LogP contribution in [0.3, 0.4) is 0 Å². The minimum Gasteiger partial charge on any atom is -0.507 e. The fraction of sp³-hybridized carbons (Fsp3) is 0.409. The van der Waals surface area contributed by atoms with Gasteiger partial charge in [0.2, 0.25) is 6.29 Å². The number of carbonyl (C=O) groups excluding carboxylic acids is 1. The van der Waals surface area contributed by atoms with E-state index in [9.17, 15) is 35.4 Å². The number of ketones is 1. The summed E-state index contributed by atoms with van der Waals surface area (Å²) in [5.74, 6) is -0.643. The Morgan fingerprint density at radius 3 is 2.48 bits per heavy atom. The average molecular weight is 464 g/mol. The number of aromatic hydroxyl groups is 2. The summed E-state index contributed by atoms with van der Waals surface area (Å²) in [7, 11) is 1.41. The number of phenols is 2. The number of aliphatic hydroxyl groups is 4. The molecule has 33 heavy (non-hydrogen) atoms. The molecule has 0 aromatic heterocycles. The van der Waals surface area contributed by atoms with Crippen molar-refractivity contribution >= 4 is 5.78 Å². The number of rotatable bonds is 5. The number of carbonyl (C=O) groups is 1. The van der Waals surface area contributed by atoms with Gasteiger partial charge in [-0.05, 0) is 17.7 Å². The van der Waals surface area contributed by atoms with Crippen molar-refractivity contribution in [3.63, 3.8) is 0 Å². The first-order valence-corrected chi connectivity index (χ1v) is 10.1. The van der Waals surface area contributed by atoms with E-state index in [0.29, 0.717) is 11.3 Å². The van der Waals surface area contributed by atoms with Gasteiger partial charge in [-0.15, -0.1) is 0 Å². The lowest BCUT2D eigenvalue weighted by atomic mass is 9.95. The number of Topliss-reactive ketones (excluding diaryl/α,β-unsaturated/α-hetero) is 1. The Bertz CT molecular complexity index is 1040. The van der Waals surface area contributed by atoms with Crippen LogP contribution in [-0.4, -0.2) is 80.8 Å². The summed E-state index contributed by atoms with van der Waals surface area (Å²) in [6.45, 7) is -0.634. The van der Waals surface area contributed by atoms with Crippen LogP contribution in [0.2, 0.25) is 0 Å². The highest BCUT2D eigenvalue weighted by Crippen LogP contribution is 2.43. The van der Waals surface area contributed by atoms with E-state index in [1.807, 2.05) is 0 Å². The first-order chi connectivity index (χ1) is 15.7. The largest absolute Gasteiger partial charge is 0.507 e. The van der Waals surface area contributed by atoms with Gasteiger partial charge >= 0.3 is 0 Å². The van der Waals surface area contributed by atoms with Gasteiger partial charge in [-0.2, -0.15) is 0 Å². The number of phenolic OH excluding ortho intramolecular Hbond substituents is 2. The Labute approximate surface area is 188 Å². The van der Waals surface area contributed by atoms with Crippen LogP contribution < -0.4 is 14.2 Å². The first-order valence-electron chi connectivity index (χ1n) is 10.1. The number of ether oxygens (including phenoxy) is 4. The highest BCUT2D eigenvalue weighted by Gasteiger charge is 2.45. The molecule has 0 amide bonds. The van der Waals surface area contributed by atoms with Crippen molar-refractivity contribution in [1.29, 1.82) is 0 Å². The van der Waals surface area contributed by atoms with Crippen molar-refractivity contribution in [1.82, 2.24) is 0 Å². The van der Waals surface area contributed by atoms with Gasteiger partial charge in [0.15, 0.2) is 17.3 Å². The Morgan fingerprint density at radius 2 is 1.79 bits per heavy atom. The number of hydrogen-bond donors (Lipinski definition) is 6. The lowest BCUT2D eigenvalue weighted by Crippen LogP contribution is -2.60. The average Bonchev–Trinajstić information content (AvgIpc) is 2.79. The number of benzene rings is 2. The van der Waals surface area contributed by atoms with Crippen molar-refractivity contribution in [3.05, 3.63) is 41.5 Å². The second-order valence-electron chi connectivity index (χ2n) is 7.80. The molecule has 2 aliphatic rings. The summed E-state index contributed by atoms with van der Waals surface area (Å²) in [4.78, 5) is 12.6. The molecule has 2 heterocycles.